The number of aromatic amines is 1. The predicted molar refractivity (Wildman–Crippen MR) is 114 cm³/mol. The third kappa shape index (κ3) is 3.73. The number of benzene rings is 2. The van der Waals surface area contributed by atoms with Crippen molar-refractivity contribution in [2.45, 2.75) is 13.5 Å². The molecule has 0 aliphatic rings. The number of amides is 1. The minimum atomic E-state index is -1.52. The zero-order valence-corrected chi connectivity index (χ0v) is 16.1. The molecule has 0 saturated heterocycles. The molecule has 0 bridgehead atoms. The molecule has 0 aliphatic carbocycles. The van der Waals surface area contributed by atoms with E-state index in [9.17, 15) is 14.8 Å². The number of carbonyl (C=O) groups excluding carboxylic acids is 1. The van der Waals surface area contributed by atoms with E-state index >= 15 is 0 Å². The Bertz CT molecular complexity index is 1240. The molecule has 150 valence electrons. The highest BCUT2D eigenvalue weighted by Crippen LogP contribution is 2.31. The second-order valence-electron chi connectivity index (χ2n) is 6.82. The van der Waals surface area contributed by atoms with Gasteiger partial charge in [-0.05, 0) is 24.0 Å². The highest BCUT2D eigenvalue weighted by atomic mass is 16.4. The number of hydrogen-bond acceptors (Lipinski definition) is 7. The van der Waals surface area contributed by atoms with Gasteiger partial charge in [-0.1, -0.05) is 36.4 Å². The fourth-order valence-electron chi connectivity index (χ4n) is 3.39. The van der Waals surface area contributed by atoms with Gasteiger partial charge < -0.3 is 26.1 Å². The van der Waals surface area contributed by atoms with Crippen LogP contribution in [-0.2, 0) is 6.54 Å². The lowest BCUT2D eigenvalue weighted by molar-refractivity contribution is 0.100. The average Bonchev–Trinajstić information content (AvgIpc) is 3.08. The van der Waals surface area contributed by atoms with Crippen molar-refractivity contribution in [3.8, 4) is 11.4 Å². The predicted octanol–water partition coefficient (Wildman–Crippen LogP) is 0.719. The second-order valence-corrected chi connectivity index (χ2v) is 6.82. The zero-order valence-electron chi connectivity index (χ0n) is 16.1. The van der Waals surface area contributed by atoms with Crippen LogP contribution < -0.4 is 16.5 Å². The highest BCUT2D eigenvalue weighted by molar-refractivity contribution is 6.58. The maximum absolute atomic E-state index is 11.7. The minimum absolute atomic E-state index is 0.370. The van der Waals surface area contributed by atoms with E-state index < -0.39 is 13.0 Å². The van der Waals surface area contributed by atoms with Crippen LogP contribution in [0.2, 0.25) is 0 Å². The van der Waals surface area contributed by atoms with Gasteiger partial charge in [0, 0.05) is 23.2 Å². The summed E-state index contributed by atoms with van der Waals surface area (Å²) in [5.41, 5.74) is 9.36. The number of para-hydroxylation sites is 1. The molecule has 10 heteroatoms. The number of nitrogens with one attached hydrogen (secondary N) is 2. The maximum Gasteiger partial charge on any atom is 0.488 e. The third-order valence-electron chi connectivity index (χ3n) is 4.78. The van der Waals surface area contributed by atoms with Crippen LogP contribution in [0.3, 0.4) is 0 Å². The number of fused-ring (bicyclic) bond motifs is 1. The first-order chi connectivity index (χ1) is 14.4. The molecule has 2 aromatic carbocycles. The summed E-state index contributed by atoms with van der Waals surface area (Å²) in [6, 6.07) is 12.2. The largest absolute Gasteiger partial charge is 0.488 e. The Hall–Kier alpha value is -3.76. The number of nitrogens with zero attached hydrogens (tertiary/aromatic N) is 3. The molecule has 0 radical (unpaired) electrons. The van der Waals surface area contributed by atoms with Crippen LogP contribution >= 0.6 is 0 Å². The number of nitrogens with two attached hydrogens (primary N) is 1. The Morgan fingerprint density at radius 3 is 2.77 bits per heavy atom. The number of rotatable bonds is 6. The topological polar surface area (TPSA) is 150 Å². The Balaban J connectivity index is 1.64. The van der Waals surface area contributed by atoms with Crippen LogP contribution in [0.4, 0.5) is 5.95 Å². The lowest BCUT2D eigenvalue weighted by Gasteiger charge is -2.08. The average molecular weight is 402 g/mol. The number of anilines is 1. The summed E-state index contributed by atoms with van der Waals surface area (Å²) in [4.78, 5) is 27.9. The molecule has 0 atom stereocenters. The van der Waals surface area contributed by atoms with Gasteiger partial charge in [0.25, 0.3) is 5.91 Å². The summed E-state index contributed by atoms with van der Waals surface area (Å²) in [7, 11) is -1.52. The van der Waals surface area contributed by atoms with Gasteiger partial charge in [-0.25, -0.2) is 9.97 Å². The lowest BCUT2D eigenvalue weighted by atomic mass is 9.80. The summed E-state index contributed by atoms with van der Waals surface area (Å²) in [6.07, 6.45) is 1.41. The summed E-state index contributed by atoms with van der Waals surface area (Å²) in [5.74, 6) is 0.314. The van der Waals surface area contributed by atoms with Crippen LogP contribution in [0.15, 0.2) is 48.8 Å². The van der Waals surface area contributed by atoms with E-state index in [0.29, 0.717) is 34.9 Å². The van der Waals surface area contributed by atoms with E-state index in [0.717, 1.165) is 22.2 Å². The van der Waals surface area contributed by atoms with Crippen LogP contribution in [0.5, 0.6) is 0 Å². The number of H-pyrrole nitrogens is 1. The first-order valence-corrected chi connectivity index (χ1v) is 9.23. The summed E-state index contributed by atoms with van der Waals surface area (Å²) in [5, 5.41) is 22.5. The molecule has 9 nitrogen and oxygen atoms in total. The van der Waals surface area contributed by atoms with Gasteiger partial charge in [-0.15, -0.1) is 0 Å². The molecule has 0 fully saturated rings. The second kappa shape index (κ2) is 7.93. The molecule has 0 aliphatic heterocycles. The van der Waals surface area contributed by atoms with E-state index in [1.54, 1.807) is 30.3 Å². The van der Waals surface area contributed by atoms with Crippen molar-refractivity contribution in [1.29, 1.82) is 0 Å². The number of carbonyl (C=O) groups is 1. The monoisotopic (exact) mass is 402 g/mol. The Morgan fingerprint density at radius 2 is 2.00 bits per heavy atom. The van der Waals surface area contributed by atoms with Crippen LogP contribution in [-0.4, -0.2) is 43.0 Å². The number of aromatic nitrogens is 4. The van der Waals surface area contributed by atoms with Gasteiger partial charge in [0.05, 0.1) is 11.1 Å². The molecule has 0 spiro atoms. The molecule has 1 amide bonds. The highest BCUT2D eigenvalue weighted by Gasteiger charge is 2.17. The van der Waals surface area contributed by atoms with Crippen LogP contribution in [0, 0.1) is 6.92 Å². The van der Waals surface area contributed by atoms with E-state index in [-0.39, 0.29) is 0 Å². The minimum Gasteiger partial charge on any atom is -0.423 e. The molecule has 2 aromatic heterocycles. The molecule has 4 rings (SSSR count). The number of hydrogen-bond donors (Lipinski definition) is 5. The maximum atomic E-state index is 11.7. The van der Waals surface area contributed by atoms with E-state index in [2.05, 4.69) is 25.3 Å². The van der Waals surface area contributed by atoms with Crippen LogP contribution in [0.25, 0.3) is 22.3 Å². The molecule has 2 heterocycles. The molecule has 0 saturated carbocycles. The molecule has 6 N–H and O–H groups in total. The van der Waals surface area contributed by atoms with Gasteiger partial charge in [-0.3, -0.25) is 4.79 Å². The van der Waals surface area contributed by atoms with Crippen molar-refractivity contribution in [2.24, 2.45) is 5.73 Å². The number of primary amides is 1. The third-order valence-corrected chi connectivity index (χ3v) is 4.78. The lowest BCUT2D eigenvalue weighted by Crippen LogP contribution is -2.30. The molecule has 0 unspecified atom stereocenters. The van der Waals surface area contributed by atoms with Gasteiger partial charge in [-0.2, -0.15) is 4.98 Å². The zero-order chi connectivity index (χ0) is 21.3. The smallest absolute Gasteiger partial charge is 0.423 e. The van der Waals surface area contributed by atoms with Crippen molar-refractivity contribution in [1.82, 2.24) is 19.9 Å². The summed E-state index contributed by atoms with van der Waals surface area (Å²) < 4.78 is 0. The van der Waals surface area contributed by atoms with Crippen molar-refractivity contribution >= 4 is 35.3 Å². The van der Waals surface area contributed by atoms with Crippen molar-refractivity contribution in [3.63, 3.8) is 0 Å². The molecule has 30 heavy (non-hydrogen) atoms. The summed E-state index contributed by atoms with van der Waals surface area (Å²) in [6.45, 7) is 2.27. The van der Waals surface area contributed by atoms with Crippen molar-refractivity contribution in [2.75, 3.05) is 5.32 Å². The first kappa shape index (κ1) is 19.6. The van der Waals surface area contributed by atoms with Gasteiger partial charge in [0.1, 0.15) is 6.33 Å². The fourth-order valence-corrected chi connectivity index (χ4v) is 3.39. The SMILES string of the molecule is Cc1[nH]c2c(C(N)=O)cccc2c1-c1ncnc(NCc2cccc(B(O)O)c2)n1. The van der Waals surface area contributed by atoms with E-state index in [1.807, 2.05) is 19.1 Å². The molecular formula is C20H19BN6O3. The Labute approximate surface area is 172 Å². The van der Waals surface area contributed by atoms with Gasteiger partial charge >= 0.3 is 7.12 Å². The van der Waals surface area contributed by atoms with Gasteiger partial charge in [0.15, 0.2) is 5.82 Å². The van der Waals surface area contributed by atoms with Crippen molar-refractivity contribution < 1.29 is 14.8 Å². The quantitative estimate of drug-likeness (QED) is 0.298. The van der Waals surface area contributed by atoms with Crippen molar-refractivity contribution in [3.05, 3.63) is 65.6 Å². The Morgan fingerprint density at radius 1 is 1.20 bits per heavy atom. The number of aryl methyl sites for hydroxylation is 1. The molecule has 4 aromatic rings. The van der Waals surface area contributed by atoms with E-state index in [1.165, 1.54) is 6.33 Å². The van der Waals surface area contributed by atoms with Gasteiger partial charge in [0.2, 0.25) is 5.95 Å². The normalized spacial score (nSPS) is 10.9. The fraction of sp³-hybridized carbons (Fsp3) is 0.100. The standard InChI is InChI=1S/C20H19BN6O3/c1-11-16(14-6-3-7-15(18(22)28)17(14)26-11)19-24-10-25-20(27-19)23-9-12-4-2-5-13(8-12)21(29)30/h2-8,10,26,29-30H,9H2,1H3,(H2,22,28)(H,23,24,25,27). The van der Waals surface area contributed by atoms with E-state index in [4.69, 9.17) is 5.73 Å². The summed E-state index contributed by atoms with van der Waals surface area (Å²) >= 11 is 0. The Kier molecular flexibility index (Phi) is 5.17. The molecular weight excluding hydrogens is 383 g/mol. The first-order valence-electron chi connectivity index (χ1n) is 9.23. The van der Waals surface area contributed by atoms with Crippen LogP contribution in [0.1, 0.15) is 21.6 Å².